The summed E-state index contributed by atoms with van der Waals surface area (Å²) in [4.78, 5) is 0. The highest BCUT2D eigenvalue weighted by atomic mass is 35.5. The van der Waals surface area contributed by atoms with Crippen molar-refractivity contribution in [1.82, 2.24) is 0 Å². The van der Waals surface area contributed by atoms with Gasteiger partial charge in [-0.2, -0.15) is 0 Å². The van der Waals surface area contributed by atoms with Crippen molar-refractivity contribution in [2.75, 3.05) is 0 Å². The zero-order valence-electron chi connectivity index (χ0n) is 11.2. The average molecular weight is 290 g/mol. The maximum Gasteiger partial charge on any atom is 0.0878 e. The van der Waals surface area contributed by atoms with Gasteiger partial charge in [-0.25, -0.2) is 0 Å². The number of halogens is 1. The third-order valence-corrected chi connectivity index (χ3v) is 3.04. The Labute approximate surface area is 126 Å². The minimum absolute atomic E-state index is 0. The Balaban J connectivity index is 0.00000200. The molecule has 2 atom stereocenters. The Hall–Kier alpha value is -1.61. The van der Waals surface area contributed by atoms with Gasteiger partial charge < -0.3 is 10.8 Å². The summed E-state index contributed by atoms with van der Waals surface area (Å²) < 4.78 is 0. The first-order chi connectivity index (χ1) is 9.25. The second-order valence-electron chi connectivity index (χ2n) is 4.61. The van der Waals surface area contributed by atoms with Gasteiger partial charge >= 0.3 is 0 Å². The number of rotatable bonds is 5. The summed E-state index contributed by atoms with van der Waals surface area (Å²) in [5.41, 5.74) is 8.22. The maximum absolute atomic E-state index is 10.0. The van der Waals surface area contributed by atoms with Crippen molar-refractivity contribution in [3.05, 3.63) is 77.9 Å². The van der Waals surface area contributed by atoms with Crippen LogP contribution in [0, 0.1) is 0 Å². The van der Waals surface area contributed by atoms with Gasteiger partial charge in [-0.05, 0) is 17.5 Å². The molecule has 2 unspecified atom stereocenters. The van der Waals surface area contributed by atoms with Crippen LogP contribution in [0.3, 0.4) is 0 Å². The van der Waals surface area contributed by atoms with Crippen LogP contribution in [0.25, 0.3) is 6.08 Å². The standard InChI is InChI=1S/C17H19NO.ClH/c18-16(13-15-9-5-2-6-10-15)17(19)12-11-14-7-3-1-4-8-14;/h1-12,16-17,19H,13,18H2;1H. The highest BCUT2D eigenvalue weighted by molar-refractivity contribution is 5.85. The van der Waals surface area contributed by atoms with Crippen molar-refractivity contribution in [3.8, 4) is 0 Å². The van der Waals surface area contributed by atoms with Crippen molar-refractivity contribution >= 4 is 18.5 Å². The van der Waals surface area contributed by atoms with Gasteiger partial charge in [0.25, 0.3) is 0 Å². The molecule has 0 spiro atoms. The fourth-order valence-electron chi connectivity index (χ4n) is 1.92. The first-order valence-corrected chi connectivity index (χ1v) is 6.46. The summed E-state index contributed by atoms with van der Waals surface area (Å²) in [5, 5.41) is 10.0. The molecule has 106 valence electrons. The van der Waals surface area contributed by atoms with Gasteiger partial charge in [-0.1, -0.05) is 72.8 Å². The SMILES string of the molecule is Cl.NC(Cc1ccccc1)C(O)C=Cc1ccccc1. The van der Waals surface area contributed by atoms with E-state index >= 15 is 0 Å². The lowest BCUT2D eigenvalue weighted by Gasteiger charge is -2.15. The highest BCUT2D eigenvalue weighted by Gasteiger charge is 2.11. The molecule has 0 aliphatic carbocycles. The van der Waals surface area contributed by atoms with E-state index in [-0.39, 0.29) is 18.4 Å². The van der Waals surface area contributed by atoms with Crippen molar-refractivity contribution in [2.45, 2.75) is 18.6 Å². The summed E-state index contributed by atoms with van der Waals surface area (Å²) in [6, 6.07) is 19.6. The van der Waals surface area contributed by atoms with Gasteiger partial charge in [0.05, 0.1) is 6.10 Å². The summed E-state index contributed by atoms with van der Waals surface area (Å²) in [7, 11) is 0. The van der Waals surface area contributed by atoms with Crippen molar-refractivity contribution in [2.24, 2.45) is 5.73 Å². The van der Waals surface area contributed by atoms with Gasteiger partial charge in [0, 0.05) is 6.04 Å². The molecule has 2 aromatic carbocycles. The Morgan fingerprint density at radius 2 is 1.50 bits per heavy atom. The van der Waals surface area contributed by atoms with Gasteiger partial charge in [0.15, 0.2) is 0 Å². The van der Waals surface area contributed by atoms with Crippen LogP contribution in [0.4, 0.5) is 0 Å². The summed E-state index contributed by atoms with van der Waals surface area (Å²) in [6.07, 6.45) is 3.68. The van der Waals surface area contributed by atoms with Crippen molar-refractivity contribution in [3.63, 3.8) is 0 Å². The zero-order valence-corrected chi connectivity index (χ0v) is 12.0. The van der Waals surface area contributed by atoms with E-state index in [9.17, 15) is 5.11 Å². The molecule has 0 radical (unpaired) electrons. The Kier molecular flexibility index (Phi) is 7.02. The summed E-state index contributed by atoms with van der Waals surface area (Å²) >= 11 is 0. The van der Waals surface area contributed by atoms with Crippen LogP contribution in [0.5, 0.6) is 0 Å². The van der Waals surface area contributed by atoms with E-state index in [4.69, 9.17) is 5.73 Å². The van der Waals surface area contributed by atoms with Crippen LogP contribution in [-0.4, -0.2) is 17.3 Å². The number of aliphatic hydroxyl groups is 1. The molecule has 3 heteroatoms. The lowest BCUT2D eigenvalue weighted by molar-refractivity contribution is 0.191. The fourth-order valence-corrected chi connectivity index (χ4v) is 1.92. The lowest BCUT2D eigenvalue weighted by Crippen LogP contribution is -2.35. The smallest absolute Gasteiger partial charge is 0.0878 e. The average Bonchev–Trinajstić information content (AvgIpc) is 2.47. The quantitative estimate of drug-likeness (QED) is 0.889. The molecule has 0 saturated heterocycles. The van der Waals surface area contributed by atoms with Gasteiger partial charge in [0.2, 0.25) is 0 Å². The van der Waals surface area contributed by atoms with E-state index in [1.165, 1.54) is 0 Å². The monoisotopic (exact) mass is 289 g/mol. The summed E-state index contributed by atoms with van der Waals surface area (Å²) in [5.74, 6) is 0. The first kappa shape index (κ1) is 16.4. The second kappa shape index (κ2) is 8.54. The molecule has 0 aromatic heterocycles. The molecule has 2 rings (SSSR count). The van der Waals surface area contributed by atoms with Crippen molar-refractivity contribution < 1.29 is 5.11 Å². The second-order valence-corrected chi connectivity index (χ2v) is 4.61. The van der Waals surface area contributed by atoms with E-state index in [0.29, 0.717) is 6.42 Å². The molecule has 3 N–H and O–H groups in total. The van der Waals surface area contributed by atoms with Gasteiger partial charge in [-0.3, -0.25) is 0 Å². The molecule has 0 bridgehead atoms. The van der Waals surface area contributed by atoms with E-state index in [1.807, 2.05) is 66.7 Å². The van der Waals surface area contributed by atoms with Crippen molar-refractivity contribution in [1.29, 1.82) is 0 Å². The van der Waals surface area contributed by atoms with Gasteiger partial charge in [-0.15, -0.1) is 12.4 Å². The Morgan fingerprint density at radius 1 is 0.950 bits per heavy atom. The van der Waals surface area contributed by atoms with E-state index < -0.39 is 6.10 Å². The molecule has 0 heterocycles. The number of hydrogen-bond acceptors (Lipinski definition) is 2. The molecule has 0 aliphatic heterocycles. The molecule has 2 aromatic rings. The van der Waals surface area contributed by atoms with Gasteiger partial charge in [0.1, 0.15) is 0 Å². The van der Waals surface area contributed by atoms with E-state index in [2.05, 4.69) is 0 Å². The molecule has 2 nitrogen and oxygen atoms in total. The van der Waals surface area contributed by atoms with E-state index in [1.54, 1.807) is 6.08 Å². The molecule has 0 saturated carbocycles. The number of nitrogens with two attached hydrogens (primary N) is 1. The van der Waals surface area contributed by atoms with Crippen LogP contribution >= 0.6 is 12.4 Å². The largest absolute Gasteiger partial charge is 0.387 e. The third kappa shape index (κ3) is 5.17. The third-order valence-electron chi connectivity index (χ3n) is 3.04. The first-order valence-electron chi connectivity index (χ1n) is 6.46. The maximum atomic E-state index is 10.0. The number of benzene rings is 2. The lowest BCUT2D eigenvalue weighted by atomic mass is 10.0. The highest BCUT2D eigenvalue weighted by Crippen LogP contribution is 2.07. The predicted octanol–water partition coefficient (Wildman–Crippen LogP) is 3.05. The number of aliphatic hydroxyl groups excluding tert-OH is 1. The van der Waals surface area contributed by atoms with Crippen LogP contribution in [0.15, 0.2) is 66.7 Å². The van der Waals surface area contributed by atoms with Crippen LogP contribution in [0.2, 0.25) is 0 Å². The molecular weight excluding hydrogens is 270 g/mol. The summed E-state index contributed by atoms with van der Waals surface area (Å²) in [6.45, 7) is 0. The normalized spacial score (nSPS) is 13.7. The van der Waals surface area contributed by atoms with Crippen LogP contribution in [0.1, 0.15) is 11.1 Å². The molecule has 0 amide bonds. The predicted molar refractivity (Wildman–Crippen MR) is 86.9 cm³/mol. The zero-order chi connectivity index (χ0) is 13.5. The minimum Gasteiger partial charge on any atom is -0.387 e. The molecule has 20 heavy (non-hydrogen) atoms. The molecular formula is C17H20ClNO. The topological polar surface area (TPSA) is 46.2 Å². The van der Waals surface area contributed by atoms with E-state index in [0.717, 1.165) is 11.1 Å². The molecule has 0 aliphatic rings. The van der Waals surface area contributed by atoms with Crippen LogP contribution < -0.4 is 5.73 Å². The fraction of sp³-hybridized carbons (Fsp3) is 0.176. The van der Waals surface area contributed by atoms with Crippen LogP contribution in [-0.2, 0) is 6.42 Å². The minimum atomic E-state index is -0.639. The Morgan fingerprint density at radius 3 is 2.10 bits per heavy atom. The number of hydrogen-bond donors (Lipinski definition) is 2. The molecule has 0 fully saturated rings. The Bertz CT molecular complexity index is 513.